The molecule has 1 heterocycles. The van der Waals surface area contributed by atoms with Gasteiger partial charge in [0.05, 0.1) is 11.1 Å². The van der Waals surface area contributed by atoms with Crippen LogP contribution in [-0.2, 0) is 12.4 Å². The molecule has 0 unspecified atom stereocenters. The summed E-state index contributed by atoms with van der Waals surface area (Å²) < 4.78 is 93.6. The largest absolute Gasteiger partial charge is 0.456 e. The Hall–Kier alpha value is -5.82. The Bertz CT molecular complexity index is 2690. The van der Waals surface area contributed by atoms with Gasteiger partial charge in [-0.2, -0.15) is 26.3 Å². The molecule has 0 N–H and O–H groups in total. The summed E-state index contributed by atoms with van der Waals surface area (Å²) in [6.07, 6.45) is -9.14. The number of furan rings is 1. The Kier molecular flexibility index (Phi) is 6.19. The van der Waals surface area contributed by atoms with Crippen LogP contribution in [0, 0.1) is 0 Å². The van der Waals surface area contributed by atoms with E-state index in [1.807, 2.05) is 36.4 Å². The topological polar surface area (TPSA) is 13.1 Å². The van der Waals surface area contributed by atoms with E-state index in [-0.39, 0.29) is 21.5 Å². The van der Waals surface area contributed by atoms with Crippen LogP contribution in [0.15, 0.2) is 138 Å². The van der Waals surface area contributed by atoms with Gasteiger partial charge in [-0.25, -0.2) is 0 Å². The van der Waals surface area contributed by atoms with Gasteiger partial charge >= 0.3 is 12.4 Å². The van der Waals surface area contributed by atoms with Crippen molar-refractivity contribution in [2.75, 3.05) is 0 Å². The van der Waals surface area contributed by atoms with Gasteiger partial charge in [0.1, 0.15) is 11.2 Å². The first kappa shape index (κ1) is 29.3. The molecule has 0 spiro atoms. The van der Waals surface area contributed by atoms with Gasteiger partial charge in [0, 0.05) is 10.8 Å². The molecule has 0 fully saturated rings. The van der Waals surface area contributed by atoms with Gasteiger partial charge in [-0.05, 0) is 83.5 Å². The lowest BCUT2D eigenvalue weighted by atomic mass is 9.86. The van der Waals surface area contributed by atoms with E-state index in [2.05, 4.69) is 0 Å². The number of alkyl halides is 6. The molecule has 0 bridgehead atoms. The van der Waals surface area contributed by atoms with Crippen LogP contribution in [0.2, 0.25) is 0 Å². The molecule has 0 saturated carbocycles. The van der Waals surface area contributed by atoms with Crippen LogP contribution in [0.3, 0.4) is 0 Å². The number of hydrogen-bond donors (Lipinski definition) is 0. The normalized spacial score (nSPS) is 12.7. The SMILES string of the molecule is FC(F)(F)c1c2ccccc2c(-c2ccc3c(c2)oc2cccc(-c4c5ccccc5c(C(F)(F)F)c5ccccc45)c23)c2ccccc12. The minimum Gasteiger partial charge on any atom is -0.456 e. The van der Waals surface area contributed by atoms with Crippen LogP contribution in [0.5, 0.6) is 0 Å². The molecule has 49 heavy (non-hydrogen) atoms. The molecule has 1 nitrogen and oxygen atoms in total. The van der Waals surface area contributed by atoms with Gasteiger partial charge in [-0.3, -0.25) is 0 Å². The molecule has 0 saturated heterocycles. The summed E-state index contributed by atoms with van der Waals surface area (Å²) in [6.45, 7) is 0. The maximum absolute atomic E-state index is 14.6. The van der Waals surface area contributed by atoms with E-state index in [1.165, 1.54) is 24.3 Å². The van der Waals surface area contributed by atoms with Crippen molar-refractivity contribution in [2.24, 2.45) is 0 Å². The van der Waals surface area contributed by atoms with Gasteiger partial charge in [0.25, 0.3) is 0 Å². The standard InChI is InChI=1S/C42H22F6O/c43-41(44,45)39-28-14-5-1-10-24(28)36(25-11-2-6-15-29(25)39)23-20-21-32-35(22-23)49-34-19-9-18-33(38(32)34)37-26-12-3-7-16-30(26)40(42(46,47)48)31-17-8-4-13-27(31)37/h1-22H. The molecule has 0 radical (unpaired) electrons. The molecule has 9 rings (SSSR count). The predicted octanol–water partition coefficient (Wildman–Crippen LogP) is 13.6. The number of halogens is 6. The van der Waals surface area contributed by atoms with Gasteiger partial charge in [0.2, 0.25) is 0 Å². The summed E-state index contributed by atoms with van der Waals surface area (Å²) in [5.41, 5.74) is 2.42. The maximum Gasteiger partial charge on any atom is 0.417 e. The first-order chi connectivity index (χ1) is 23.6. The Labute approximate surface area is 274 Å². The minimum absolute atomic E-state index is 0.108. The van der Waals surface area contributed by atoms with Gasteiger partial charge in [-0.15, -0.1) is 0 Å². The fourth-order valence-electron chi connectivity index (χ4n) is 7.66. The molecule has 1 aromatic heterocycles. The molecule has 9 aromatic rings. The summed E-state index contributed by atoms with van der Waals surface area (Å²) in [5, 5.41) is 3.77. The number of rotatable bonds is 2. The van der Waals surface area contributed by atoms with Crippen molar-refractivity contribution in [3.8, 4) is 22.3 Å². The van der Waals surface area contributed by atoms with Crippen molar-refractivity contribution < 1.29 is 30.8 Å². The highest BCUT2D eigenvalue weighted by atomic mass is 19.4. The Morgan fingerprint density at radius 2 is 0.796 bits per heavy atom. The molecule has 0 aliphatic heterocycles. The Balaban J connectivity index is 1.35. The third-order valence-electron chi connectivity index (χ3n) is 9.49. The van der Waals surface area contributed by atoms with E-state index < -0.39 is 23.5 Å². The van der Waals surface area contributed by atoms with Crippen molar-refractivity contribution >= 4 is 65.0 Å². The second kappa shape index (κ2) is 10.3. The summed E-state index contributed by atoms with van der Waals surface area (Å²) in [5.74, 6) is 0. The summed E-state index contributed by atoms with van der Waals surface area (Å²) in [7, 11) is 0. The van der Waals surface area contributed by atoms with Gasteiger partial charge < -0.3 is 4.42 Å². The summed E-state index contributed by atoms with van der Waals surface area (Å²) >= 11 is 0. The number of benzene rings is 8. The predicted molar refractivity (Wildman–Crippen MR) is 185 cm³/mol. The third-order valence-corrected chi connectivity index (χ3v) is 9.49. The fourth-order valence-corrected chi connectivity index (χ4v) is 7.66. The van der Waals surface area contributed by atoms with Crippen molar-refractivity contribution in [1.29, 1.82) is 0 Å². The average Bonchev–Trinajstić information content (AvgIpc) is 3.46. The molecule has 0 amide bonds. The third kappa shape index (κ3) is 4.35. The highest BCUT2D eigenvalue weighted by Gasteiger charge is 2.37. The highest BCUT2D eigenvalue weighted by Crippen LogP contribution is 2.49. The monoisotopic (exact) mass is 656 g/mol. The molecular formula is C42H22F6O. The van der Waals surface area contributed by atoms with E-state index in [0.29, 0.717) is 49.4 Å². The average molecular weight is 657 g/mol. The van der Waals surface area contributed by atoms with E-state index in [9.17, 15) is 26.3 Å². The quantitative estimate of drug-likeness (QED) is 0.133. The van der Waals surface area contributed by atoms with E-state index in [0.717, 1.165) is 16.3 Å². The zero-order valence-corrected chi connectivity index (χ0v) is 25.4. The molecule has 8 aromatic carbocycles. The number of fused-ring (bicyclic) bond motifs is 7. The van der Waals surface area contributed by atoms with Crippen molar-refractivity contribution in [2.45, 2.75) is 12.4 Å². The van der Waals surface area contributed by atoms with Gasteiger partial charge in [0.15, 0.2) is 0 Å². The Morgan fingerprint density at radius 1 is 0.367 bits per heavy atom. The zero-order chi connectivity index (χ0) is 33.7. The molecule has 7 heteroatoms. The smallest absolute Gasteiger partial charge is 0.417 e. The summed E-state index contributed by atoms with van der Waals surface area (Å²) in [6, 6.07) is 37.3. The first-order valence-corrected chi connectivity index (χ1v) is 15.6. The van der Waals surface area contributed by atoms with E-state index >= 15 is 0 Å². The van der Waals surface area contributed by atoms with Crippen LogP contribution in [-0.4, -0.2) is 0 Å². The van der Waals surface area contributed by atoms with Crippen LogP contribution in [0.25, 0.3) is 87.3 Å². The molecule has 0 atom stereocenters. The highest BCUT2D eigenvalue weighted by molar-refractivity contribution is 6.23. The molecule has 0 aliphatic carbocycles. The van der Waals surface area contributed by atoms with E-state index in [1.54, 1.807) is 72.8 Å². The lowest BCUT2D eigenvalue weighted by Gasteiger charge is -2.19. The van der Waals surface area contributed by atoms with Gasteiger partial charge in [-0.1, -0.05) is 115 Å². The lowest BCUT2D eigenvalue weighted by Crippen LogP contribution is -2.07. The van der Waals surface area contributed by atoms with Crippen LogP contribution < -0.4 is 0 Å². The number of hydrogen-bond acceptors (Lipinski definition) is 1. The lowest BCUT2D eigenvalue weighted by molar-refractivity contribution is -0.135. The zero-order valence-electron chi connectivity index (χ0n) is 25.4. The first-order valence-electron chi connectivity index (χ1n) is 15.6. The van der Waals surface area contributed by atoms with Crippen molar-refractivity contribution in [1.82, 2.24) is 0 Å². The van der Waals surface area contributed by atoms with Crippen molar-refractivity contribution in [3.63, 3.8) is 0 Å². The molecular weight excluding hydrogens is 634 g/mol. The van der Waals surface area contributed by atoms with E-state index in [4.69, 9.17) is 4.42 Å². The maximum atomic E-state index is 14.6. The Morgan fingerprint density at radius 3 is 1.24 bits per heavy atom. The second-order valence-electron chi connectivity index (χ2n) is 12.2. The molecule has 0 aliphatic rings. The molecule has 238 valence electrons. The van der Waals surface area contributed by atoms with Crippen LogP contribution >= 0.6 is 0 Å². The fraction of sp³-hybridized carbons (Fsp3) is 0.0476. The van der Waals surface area contributed by atoms with Crippen LogP contribution in [0.1, 0.15) is 11.1 Å². The van der Waals surface area contributed by atoms with Crippen LogP contribution in [0.4, 0.5) is 26.3 Å². The minimum atomic E-state index is -4.57. The van der Waals surface area contributed by atoms with Crippen molar-refractivity contribution in [3.05, 3.63) is 145 Å². The second-order valence-corrected chi connectivity index (χ2v) is 12.2. The summed E-state index contributed by atoms with van der Waals surface area (Å²) in [4.78, 5) is 0.